The second kappa shape index (κ2) is 29.8. The molecule has 0 aromatic carbocycles. The molecule has 2 bridgehead atoms. The van der Waals surface area contributed by atoms with Crippen LogP contribution in [-0.4, -0.2) is 172 Å². The van der Waals surface area contributed by atoms with Gasteiger partial charge in [0.25, 0.3) is 5.56 Å². The van der Waals surface area contributed by atoms with Gasteiger partial charge in [0, 0.05) is 12.7 Å². The van der Waals surface area contributed by atoms with Crippen LogP contribution in [0.3, 0.4) is 0 Å². The fraction of sp³-hybridized carbons (Fsp3) is 0.774. The predicted octanol–water partition coefficient (Wildman–Crippen LogP) is 3.94. The number of carbonyl (C=O) groups excluding carboxylic acids is 1. The van der Waals surface area contributed by atoms with E-state index in [-0.39, 0.29) is 53.6 Å². The van der Waals surface area contributed by atoms with Crippen LogP contribution < -0.4 is 36.6 Å². The summed E-state index contributed by atoms with van der Waals surface area (Å²) in [6.45, 7) is 32.2. The third kappa shape index (κ3) is 17.2. The number of quaternary nitrogens is 2. The molecule has 0 radical (unpaired) electrons. The van der Waals surface area contributed by atoms with Gasteiger partial charge in [0.1, 0.15) is 74.2 Å². The Hall–Kier alpha value is -2.62. The molecule has 84 heavy (non-hydrogen) atoms. The van der Waals surface area contributed by atoms with E-state index in [1.54, 1.807) is 9.80 Å². The van der Waals surface area contributed by atoms with Gasteiger partial charge in [-0.1, -0.05) is 53.3 Å². The van der Waals surface area contributed by atoms with Gasteiger partial charge in [0.2, 0.25) is 5.91 Å². The van der Waals surface area contributed by atoms with Crippen LogP contribution in [0, 0.1) is 0 Å². The van der Waals surface area contributed by atoms with Crippen LogP contribution in [0.15, 0.2) is 30.0 Å². The maximum Gasteiger partial charge on any atom is 0.281 e. The van der Waals surface area contributed by atoms with Crippen LogP contribution in [0.25, 0.3) is 22.2 Å². The van der Waals surface area contributed by atoms with E-state index in [9.17, 15) is 19.0 Å². The third-order valence-corrected chi connectivity index (χ3v) is 29.1. The van der Waals surface area contributed by atoms with Crippen LogP contribution in [-0.2, 0) is 87.5 Å². The highest BCUT2D eigenvalue weighted by Gasteiger charge is 2.56. The van der Waals surface area contributed by atoms with Crippen molar-refractivity contribution in [3.05, 3.63) is 41.1 Å². The first-order valence-electron chi connectivity index (χ1n) is 29.6. The summed E-state index contributed by atoms with van der Waals surface area (Å²) in [5.74, 6) is 0.309. The third-order valence-electron chi connectivity index (χ3n) is 17.1. The topological polar surface area (TPSA) is 283 Å². The molecule has 25 nitrogen and oxygen atoms in total. The van der Waals surface area contributed by atoms with E-state index < -0.39 is 98.0 Å². The van der Waals surface area contributed by atoms with Crippen LogP contribution in [0.2, 0.25) is 36.3 Å². The number of aromatic nitrogens is 7. The number of hydrogen-bond acceptors (Lipinski definition) is 21. The number of ether oxygens (including phenoxy) is 3. The second-order valence-electron chi connectivity index (χ2n) is 24.5. The van der Waals surface area contributed by atoms with Crippen molar-refractivity contribution in [3.63, 3.8) is 0 Å². The van der Waals surface area contributed by atoms with Gasteiger partial charge in [-0.25, -0.2) is 19.9 Å². The van der Waals surface area contributed by atoms with Crippen molar-refractivity contribution in [3.8, 4) is 0 Å². The minimum Gasteiger partial charge on any atom is -0.780 e. The van der Waals surface area contributed by atoms with Crippen molar-refractivity contribution in [1.82, 2.24) is 39.0 Å². The number of nitrogens with one attached hydrogen (secondary N) is 4. The molecule has 8 heterocycles. The van der Waals surface area contributed by atoms with Gasteiger partial charge in [-0.05, 0) is 96.2 Å². The molecule has 476 valence electrons. The number of hydrogen-bond donors (Lipinski definition) is 5. The van der Waals surface area contributed by atoms with Crippen LogP contribution in [0.1, 0.15) is 108 Å². The Morgan fingerprint density at radius 1 is 0.833 bits per heavy atom. The molecule has 0 saturated carbocycles. The molecule has 1 amide bonds. The number of fused-ring (bicyclic) bond motifs is 4. The van der Waals surface area contributed by atoms with Crippen molar-refractivity contribution < 1.29 is 65.2 Å². The van der Waals surface area contributed by atoms with Crippen molar-refractivity contribution >= 4 is 88.1 Å². The van der Waals surface area contributed by atoms with E-state index in [0.717, 1.165) is 30.3 Å². The first-order chi connectivity index (χ1) is 39.4. The summed E-state index contributed by atoms with van der Waals surface area (Å²) >= 11 is 11.4. The molecule has 8 rings (SSSR count). The van der Waals surface area contributed by atoms with Crippen LogP contribution in [0.5, 0.6) is 0 Å². The first kappa shape index (κ1) is 70.5. The zero-order chi connectivity index (χ0) is 62.2. The maximum atomic E-state index is 14.8. The molecule has 10 atom stereocenters. The minimum absolute atomic E-state index is 0.0225. The Kier molecular flexibility index (Phi) is 25.0. The SMILES string of the molecule is CC(C)(C)[Si](C)(C)O[C@@H]1[C@@H]2OP(=O)([S-])OC[C@H]3O[C@@H](n4cnc5c(=O)n(CCOCNC(=O)CN)cnc54)[C@H](OP([O-])(=S)OC[C@H]2O[C@H]1n1cc2c4c(ncnc41)NCCC2)[C@@H]3O[Si](C)(C)C(C)(C)C.CC[NH+](CC)CC.CC[NH+](CC)CC. The molecule has 0 spiro atoms. The summed E-state index contributed by atoms with van der Waals surface area (Å²) in [5.41, 5.74) is 6.50. The highest BCUT2D eigenvalue weighted by molar-refractivity contribution is 8.32. The van der Waals surface area contributed by atoms with Crippen LogP contribution in [0.4, 0.5) is 5.82 Å². The lowest BCUT2D eigenvalue weighted by molar-refractivity contribution is -0.894. The highest BCUT2D eigenvalue weighted by atomic mass is 32.7. The average Bonchev–Trinajstić information content (AvgIpc) is 3.49. The number of amides is 1. The van der Waals surface area contributed by atoms with E-state index >= 15 is 0 Å². The molecule has 31 heteroatoms. The number of anilines is 1. The molecule has 4 aromatic rings. The summed E-state index contributed by atoms with van der Waals surface area (Å²) in [6, 6.07) is 0. The van der Waals surface area contributed by atoms with Crippen molar-refractivity contribution in [2.75, 3.05) is 84.2 Å². The molecular weight excluding hydrogens is 1190 g/mol. The number of carbonyl (C=O) groups is 1. The summed E-state index contributed by atoms with van der Waals surface area (Å²) in [5, 5.41) is 6.10. The maximum absolute atomic E-state index is 14.8. The van der Waals surface area contributed by atoms with Crippen molar-refractivity contribution in [1.29, 1.82) is 0 Å². The number of imidazole rings is 1. The quantitative estimate of drug-likeness (QED) is 0.0310. The zero-order valence-electron chi connectivity index (χ0n) is 52.3. The standard InChI is InChI=1S/C41H66N10O13P2S2Si2.2C6H15N/c1-40(2,3)69(7,8)63-31-26-19-58-65(54,67)61-30-25(59-39(33(30)64-70(9,10)41(4,5)6)50-17-24-12-11-13-43-34-28(24)35(50)45-20-44-34)18-57-66(55,68)62-32(31)38(60-26)51-22-46-29-36(51)47-21-49(37(29)53)14-15-56-23-48-27(52)16-42;2*1-4-7(5-2)6-3/h17,20-22,25-26,30-33,38-39H,11-16,18-19,23,42H2,1-10H3,(H,48,52)(H,54,67)(H,55,68)(H,43,44,45);2*4-6H2,1-3H3/t25-,26-,30-,31-,32-,33-,38-,39-,65?,66?;;/m1../s1. The molecule has 4 aliphatic heterocycles. The summed E-state index contributed by atoms with van der Waals surface area (Å²) < 4.78 is 77.7. The van der Waals surface area contributed by atoms with Gasteiger partial charge in [0.05, 0.1) is 83.9 Å². The lowest BCUT2D eigenvalue weighted by Gasteiger charge is -2.42. The normalized spacial score (nSPS) is 27.0. The summed E-state index contributed by atoms with van der Waals surface area (Å²) in [4.78, 5) is 61.6. The Labute approximate surface area is 508 Å². The number of nitrogens with zero attached hydrogens (tertiary/aromatic N) is 7. The fourth-order valence-electron chi connectivity index (χ4n) is 9.76. The molecule has 6 N–H and O–H groups in total. The van der Waals surface area contributed by atoms with Gasteiger partial charge in [-0.2, -0.15) is 0 Å². The number of aryl methyl sites for hydroxylation is 1. The van der Waals surface area contributed by atoms with E-state index in [1.807, 2.05) is 44.6 Å². The fourth-order valence-corrected chi connectivity index (χ4v) is 15.2. The van der Waals surface area contributed by atoms with Crippen LogP contribution >= 0.6 is 13.5 Å². The van der Waals surface area contributed by atoms with Crippen molar-refractivity contribution in [2.24, 2.45) is 5.73 Å². The van der Waals surface area contributed by atoms with E-state index in [0.29, 0.717) is 11.5 Å². The smallest absolute Gasteiger partial charge is 0.281 e. The predicted molar refractivity (Wildman–Crippen MR) is 332 cm³/mol. The largest absolute Gasteiger partial charge is 0.780 e. The van der Waals surface area contributed by atoms with E-state index in [1.165, 1.54) is 67.4 Å². The number of nitrogens with two attached hydrogens (primary N) is 1. The zero-order valence-corrected chi connectivity index (χ0v) is 57.7. The summed E-state index contributed by atoms with van der Waals surface area (Å²) in [6.07, 6.45) is -1.22. The Morgan fingerprint density at radius 2 is 1.43 bits per heavy atom. The molecular formula is C53H96N12O13P2S2Si2. The van der Waals surface area contributed by atoms with Gasteiger partial charge < -0.3 is 89.0 Å². The highest BCUT2D eigenvalue weighted by Crippen LogP contribution is 2.56. The second-order valence-corrected chi connectivity index (χ2v) is 39.4. The van der Waals surface area contributed by atoms with Gasteiger partial charge in [-0.15, -0.1) is 0 Å². The Bertz CT molecular complexity index is 2930. The molecule has 3 fully saturated rings. The van der Waals surface area contributed by atoms with Crippen molar-refractivity contribution in [2.45, 2.75) is 188 Å². The van der Waals surface area contributed by atoms with Gasteiger partial charge in [-0.3, -0.25) is 23.3 Å². The average molecular weight is 1290 g/mol. The lowest BCUT2D eigenvalue weighted by Crippen LogP contribution is -3.11. The summed E-state index contributed by atoms with van der Waals surface area (Å²) in [7, 11) is -5.44. The van der Waals surface area contributed by atoms with Gasteiger partial charge in [0.15, 0.2) is 47.1 Å². The lowest BCUT2D eigenvalue weighted by atomic mass is 10.1. The molecule has 0 aliphatic carbocycles. The minimum atomic E-state index is -4.56. The Balaban J connectivity index is 0.000000719. The molecule has 3 saturated heterocycles. The molecule has 4 aromatic heterocycles. The first-order valence-corrected chi connectivity index (χ1v) is 40.5. The monoisotopic (exact) mass is 1290 g/mol. The van der Waals surface area contributed by atoms with E-state index in [4.69, 9.17) is 75.9 Å². The molecule has 2 unspecified atom stereocenters. The molecule has 4 aliphatic rings. The number of rotatable bonds is 18. The van der Waals surface area contributed by atoms with E-state index in [2.05, 4.69) is 101 Å². The Morgan fingerprint density at radius 3 is 2.01 bits per heavy atom. The van der Waals surface area contributed by atoms with Gasteiger partial charge >= 0.3 is 0 Å².